The van der Waals surface area contributed by atoms with Gasteiger partial charge in [-0.15, -0.1) is 19.7 Å². The zero-order valence-electron chi connectivity index (χ0n) is 22.7. The molecule has 0 aromatic carbocycles. The van der Waals surface area contributed by atoms with Crippen LogP contribution >= 0.6 is 0 Å². The van der Waals surface area contributed by atoms with Crippen LogP contribution in [0, 0.1) is 5.92 Å². The van der Waals surface area contributed by atoms with Gasteiger partial charge in [-0.3, -0.25) is 0 Å². The summed E-state index contributed by atoms with van der Waals surface area (Å²) in [6.07, 6.45) is 18.9. The Labute approximate surface area is 201 Å². The Morgan fingerprint density at radius 2 is 1.72 bits per heavy atom. The maximum absolute atomic E-state index is 6.55. The van der Waals surface area contributed by atoms with Crippen molar-refractivity contribution in [1.82, 2.24) is 0 Å². The lowest BCUT2D eigenvalue weighted by Crippen LogP contribution is -2.28. The average Bonchev–Trinajstić information content (AvgIpc) is 3.36. The molecule has 2 atom stereocenters. The van der Waals surface area contributed by atoms with Crippen molar-refractivity contribution in [2.75, 3.05) is 0 Å². The van der Waals surface area contributed by atoms with Crippen LogP contribution in [-0.2, 0) is 0 Å². The minimum atomic E-state index is 0.148. The van der Waals surface area contributed by atoms with Crippen LogP contribution in [0.2, 0.25) is 0 Å². The molecule has 0 amide bonds. The Hall–Kier alpha value is -1.86. The standard InChI is InChI=1S/C22H29N.C3H8.2C2H6.C2H4/c1-4-7-18-12-16-10-11-19(15(2)3)21(13-16)20(18)14-22(23)17-8-5-6-9-17;1-3-2;3*1-2/h4-6,8,12,21-22H,1,7,9-11,13-14,23H2,2-3H3;3H2,1-2H3;2*1-2H3;1-2H2. The molecule has 2 unspecified atom stereocenters. The van der Waals surface area contributed by atoms with Crippen molar-refractivity contribution in [2.45, 2.75) is 106 Å². The molecule has 0 aliphatic heterocycles. The van der Waals surface area contributed by atoms with Gasteiger partial charge in [0.1, 0.15) is 0 Å². The molecule has 1 saturated carbocycles. The topological polar surface area (TPSA) is 26.0 Å². The van der Waals surface area contributed by atoms with E-state index in [0.29, 0.717) is 5.92 Å². The second kappa shape index (κ2) is 19.8. The van der Waals surface area contributed by atoms with Gasteiger partial charge < -0.3 is 5.73 Å². The van der Waals surface area contributed by atoms with E-state index in [2.05, 4.69) is 71.7 Å². The maximum atomic E-state index is 6.55. The van der Waals surface area contributed by atoms with Crippen LogP contribution in [0.15, 0.2) is 83.6 Å². The fourth-order valence-corrected chi connectivity index (χ4v) is 4.31. The molecule has 0 saturated heterocycles. The van der Waals surface area contributed by atoms with E-state index in [0.717, 1.165) is 19.3 Å². The van der Waals surface area contributed by atoms with Crippen molar-refractivity contribution in [2.24, 2.45) is 11.7 Å². The molecule has 182 valence electrons. The highest BCUT2D eigenvalue weighted by Crippen LogP contribution is 2.46. The molecule has 0 spiro atoms. The lowest BCUT2D eigenvalue weighted by atomic mass is 9.68. The molecule has 2 bridgehead atoms. The largest absolute Gasteiger partial charge is 0.324 e. The third-order valence-corrected chi connectivity index (χ3v) is 5.54. The number of nitrogens with two attached hydrogens (primary N) is 1. The first-order valence-electron chi connectivity index (χ1n) is 12.8. The minimum absolute atomic E-state index is 0.148. The van der Waals surface area contributed by atoms with Crippen LogP contribution in [0.3, 0.4) is 0 Å². The molecular formula is C31H53N. The number of hydrogen-bond donors (Lipinski definition) is 1. The van der Waals surface area contributed by atoms with Gasteiger partial charge in [-0.05, 0) is 63.5 Å². The van der Waals surface area contributed by atoms with Gasteiger partial charge in [-0.1, -0.05) is 101 Å². The Morgan fingerprint density at radius 3 is 2.19 bits per heavy atom. The second-order valence-electron chi connectivity index (χ2n) is 8.02. The Balaban J connectivity index is 0. The van der Waals surface area contributed by atoms with Crippen molar-refractivity contribution in [1.29, 1.82) is 0 Å². The van der Waals surface area contributed by atoms with E-state index in [9.17, 15) is 0 Å². The first-order valence-corrected chi connectivity index (χ1v) is 12.8. The van der Waals surface area contributed by atoms with Gasteiger partial charge in [-0.25, -0.2) is 0 Å². The third kappa shape index (κ3) is 10.2. The van der Waals surface area contributed by atoms with Crippen LogP contribution in [0.4, 0.5) is 0 Å². The molecule has 3 rings (SSSR count). The van der Waals surface area contributed by atoms with Gasteiger partial charge in [0.05, 0.1) is 0 Å². The number of rotatable bonds is 5. The molecule has 32 heavy (non-hydrogen) atoms. The summed E-state index contributed by atoms with van der Waals surface area (Å²) in [6, 6.07) is 0.148. The zero-order valence-corrected chi connectivity index (χ0v) is 22.7. The molecule has 2 N–H and O–H groups in total. The molecule has 0 heterocycles. The summed E-state index contributed by atoms with van der Waals surface area (Å²) >= 11 is 0. The Bertz CT molecular complexity index is 677. The highest BCUT2D eigenvalue weighted by Gasteiger charge is 2.31. The molecular weight excluding hydrogens is 386 g/mol. The second-order valence-corrected chi connectivity index (χ2v) is 8.02. The molecule has 0 radical (unpaired) electrons. The van der Waals surface area contributed by atoms with E-state index in [1.165, 1.54) is 42.4 Å². The van der Waals surface area contributed by atoms with Gasteiger partial charge in [0.2, 0.25) is 0 Å². The monoisotopic (exact) mass is 439 g/mol. The quantitative estimate of drug-likeness (QED) is 0.424. The molecule has 3 aliphatic carbocycles. The van der Waals surface area contributed by atoms with Gasteiger partial charge in [0.15, 0.2) is 0 Å². The summed E-state index contributed by atoms with van der Waals surface area (Å²) in [7, 11) is 0. The maximum Gasteiger partial charge on any atom is 0.0297 e. The summed E-state index contributed by atoms with van der Waals surface area (Å²) in [6.45, 7) is 26.8. The molecule has 0 aromatic heterocycles. The van der Waals surface area contributed by atoms with Crippen LogP contribution < -0.4 is 5.73 Å². The number of allylic oxidation sites excluding steroid dienone is 9. The molecule has 3 aliphatic rings. The number of hydrogen-bond acceptors (Lipinski definition) is 1. The predicted molar refractivity (Wildman–Crippen MR) is 150 cm³/mol. The third-order valence-electron chi connectivity index (χ3n) is 5.54. The van der Waals surface area contributed by atoms with E-state index in [-0.39, 0.29) is 6.04 Å². The lowest BCUT2D eigenvalue weighted by molar-refractivity contribution is 0.538. The minimum Gasteiger partial charge on any atom is -0.324 e. The van der Waals surface area contributed by atoms with E-state index >= 15 is 0 Å². The van der Waals surface area contributed by atoms with E-state index < -0.39 is 0 Å². The predicted octanol–water partition coefficient (Wildman–Crippen LogP) is 9.81. The van der Waals surface area contributed by atoms with Gasteiger partial charge in [0, 0.05) is 12.0 Å². The van der Waals surface area contributed by atoms with Crippen LogP contribution in [-0.4, -0.2) is 6.04 Å². The summed E-state index contributed by atoms with van der Waals surface area (Å²) in [5.74, 6) is 0.588. The zero-order chi connectivity index (χ0) is 25.1. The van der Waals surface area contributed by atoms with Crippen LogP contribution in [0.1, 0.15) is 100 Å². The molecule has 1 heteroatoms. The van der Waals surface area contributed by atoms with E-state index in [1.54, 1.807) is 16.7 Å². The summed E-state index contributed by atoms with van der Waals surface area (Å²) in [5, 5.41) is 0. The normalized spacial score (nSPS) is 18.7. The summed E-state index contributed by atoms with van der Waals surface area (Å²) in [5.41, 5.74) is 15.8. The van der Waals surface area contributed by atoms with Gasteiger partial charge in [-0.2, -0.15) is 0 Å². The van der Waals surface area contributed by atoms with E-state index in [1.807, 2.05) is 33.8 Å². The number of fused-ring (bicyclic) bond motifs is 2. The van der Waals surface area contributed by atoms with Crippen molar-refractivity contribution in [3.8, 4) is 0 Å². The van der Waals surface area contributed by atoms with Crippen LogP contribution in [0.5, 0.6) is 0 Å². The lowest BCUT2D eigenvalue weighted by Gasteiger charge is -2.37. The fourth-order valence-electron chi connectivity index (χ4n) is 4.31. The van der Waals surface area contributed by atoms with Crippen molar-refractivity contribution < 1.29 is 0 Å². The highest BCUT2D eigenvalue weighted by molar-refractivity contribution is 5.45. The van der Waals surface area contributed by atoms with Crippen molar-refractivity contribution in [3.05, 3.63) is 83.6 Å². The summed E-state index contributed by atoms with van der Waals surface area (Å²) < 4.78 is 0. The summed E-state index contributed by atoms with van der Waals surface area (Å²) in [4.78, 5) is 0. The molecule has 0 aromatic rings. The molecule has 1 fully saturated rings. The Kier molecular flexibility index (Phi) is 20.0. The SMILES string of the molecule is C=C.C=CCC1=C(CC(N)C2=CC=CC2)C2CC(=C1)CCC2=C(C)C.CC.CC.CCC. The molecule has 1 nitrogen and oxygen atoms in total. The fraction of sp³-hybridized carbons (Fsp3) is 0.548. The smallest absolute Gasteiger partial charge is 0.0297 e. The first kappa shape index (κ1) is 32.3. The van der Waals surface area contributed by atoms with Gasteiger partial charge in [0.25, 0.3) is 0 Å². The van der Waals surface area contributed by atoms with Gasteiger partial charge >= 0.3 is 0 Å². The highest BCUT2D eigenvalue weighted by atomic mass is 14.6. The Morgan fingerprint density at radius 1 is 1.12 bits per heavy atom. The van der Waals surface area contributed by atoms with E-state index in [4.69, 9.17) is 5.73 Å². The van der Waals surface area contributed by atoms with Crippen LogP contribution in [0.25, 0.3) is 0 Å². The van der Waals surface area contributed by atoms with Crippen molar-refractivity contribution in [3.63, 3.8) is 0 Å². The van der Waals surface area contributed by atoms with Crippen molar-refractivity contribution >= 4 is 0 Å². The first-order chi connectivity index (χ1) is 15.5. The average molecular weight is 440 g/mol.